The first kappa shape index (κ1) is 16.6. The Morgan fingerprint density at radius 2 is 1.04 bits per heavy atom. The van der Waals surface area contributed by atoms with Crippen LogP contribution in [-0.4, -0.2) is 11.6 Å². The molecule has 2 nitrogen and oxygen atoms in total. The van der Waals surface area contributed by atoms with E-state index in [0.717, 1.165) is 11.1 Å². The molecule has 0 aliphatic rings. The summed E-state index contributed by atoms with van der Waals surface area (Å²) in [5.41, 5.74) is 2.29. The van der Waals surface area contributed by atoms with Gasteiger partial charge in [-0.25, -0.2) is 0 Å². The molecule has 0 saturated heterocycles. The molecule has 0 aliphatic carbocycles. The summed E-state index contributed by atoms with van der Waals surface area (Å²) in [6, 6.07) is 19.8. The van der Waals surface area contributed by atoms with E-state index in [1.54, 1.807) is 12.2 Å². The molecule has 0 N–H and O–H groups in total. The van der Waals surface area contributed by atoms with Gasteiger partial charge in [0, 0.05) is 0 Å². The zero-order valence-corrected chi connectivity index (χ0v) is 13.0. The zero-order valence-electron chi connectivity index (χ0n) is 13.0. The highest BCUT2D eigenvalue weighted by atomic mass is 16.1. The number of benzene rings is 2. The van der Waals surface area contributed by atoms with Crippen LogP contribution in [0.4, 0.5) is 0 Å². The average molecular weight is 304 g/mol. The number of rotatable bonds is 8. The molecule has 0 saturated carbocycles. The lowest BCUT2D eigenvalue weighted by Crippen LogP contribution is -2.02. The smallest absolute Gasteiger partial charge is 0.163 e. The minimum atomic E-state index is -0.157. The maximum absolute atomic E-state index is 11.7. The van der Waals surface area contributed by atoms with Crippen molar-refractivity contribution in [3.63, 3.8) is 0 Å². The maximum Gasteiger partial charge on any atom is 0.163 e. The van der Waals surface area contributed by atoms with Crippen molar-refractivity contribution in [3.8, 4) is 0 Å². The fourth-order valence-corrected chi connectivity index (χ4v) is 2.17. The van der Waals surface area contributed by atoms with Crippen LogP contribution in [0.25, 0.3) is 0 Å². The number of carbonyl (C=O) groups is 2. The van der Waals surface area contributed by atoms with Crippen LogP contribution in [0.2, 0.25) is 0 Å². The Morgan fingerprint density at radius 1 is 0.652 bits per heavy atom. The van der Waals surface area contributed by atoms with Crippen LogP contribution in [0.3, 0.4) is 0 Å². The average Bonchev–Trinajstić information content (AvgIpc) is 2.57. The number of hydrogen-bond donors (Lipinski definition) is 0. The van der Waals surface area contributed by atoms with Crippen molar-refractivity contribution in [2.75, 3.05) is 0 Å². The van der Waals surface area contributed by atoms with Gasteiger partial charge in [0.1, 0.15) is 0 Å². The lowest BCUT2D eigenvalue weighted by molar-refractivity contribution is -0.121. The van der Waals surface area contributed by atoms with Gasteiger partial charge < -0.3 is 0 Å². The molecule has 2 aromatic rings. The van der Waals surface area contributed by atoms with Crippen LogP contribution in [-0.2, 0) is 22.4 Å². The fraction of sp³-hybridized carbons (Fsp3) is 0.143. The second-order valence-corrected chi connectivity index (χ2v) is 5.29. The third-order valence-corrected chi connectivity index (χ3v) is 3.35. The van der Waals surface area contributed by atoms with Gasteiger partial charge in [-0.05, 0) is 36.1 Å². The Kier molecular flexibility index (Phi) is 6.73. The summed E-state index contributed by atoms with van der Waals surface area (Å²) in [7, 11) is 0. The quantitative estimate of drug-likeness (QED) is 0.543. The van der Waals surface area contributed by atoms with Crippen molar-refractivity contribution in [2.45, 2.75) is 19.3 Å². The summed E-state index contributed by atoms with van der Waals surface area (Å²) < 4.78 is 0. The Labute approximate surface area is 137 Å². The highest BCUT2D eigenvalue weighted by Gasteiger charge is 2.03. The summed E-state index contributed by atoms with van der Waals surface area (Å²) in [5.74, 6) is -0.314. The lowest BCUT2D eigenvalue weighted by atomic mass is 10.1. The van der Waals surface area contributed by atoms with E-state index in [-0.39, 0.29) is 18.0 Å². The summed E-state index contributed by atoms with van der Waals surface area (Å²) in [6.07, 6.45) is 7.93. The van der Waals surface area contributed by atoms with E-state index in [2.05, 4.69) is 0 Å². The first-order chi connectivity index (χ1) is 11.2. The van der Waals surface area contributed by atoms with E-state index in [1.807, 2.05) is 60.7 Å². The normalized spacial score (nSPS) is 11.1. The summed E-state index contributed by atoms with van der Waals surface area (Å²) in [6.45, 7) is 0. The lowest BCUT2D eigenvalue weighted by Gasteiger charge is -1.95. The maximum atomic E-state index is 11.7. The Hall–Kier alpha value is -2.74. The molecule has 0 amide bonds. The van der Waals surface area contributed by atoms with Crippen LogP contribution < -0.4 is 0 Å². The van der Waals surface area contributed by atoms with Crippen molar-refractivity contribution >= 4 is 11.6 Å². The zero-order chi connectivity index (χ0) is 16.3. The first-order valence-corrected chi connectivity index (χ1v) is 7.70. The van der Waals surface area contributed by atoms with E-state index in [4.69, 9.17) is 0 Å². The molecule has 0 atom stereocenters. The molecule has 2 rings (SSSR count). The molecule has 23 heavy (non-hydrogen) atoms. The van der Waals surface area contributed by atoms with Gasteiger partial charge in [-0.3, -0.25) is 9.59 Å². The molecule has 0 bridgehead atoms. The van der Waals surface area contributed by atoms with Gasteiger partial charge in [0.25, 0.3) is 0 Å². The highest BCUT2D eigenvalue weighted by molar-refractivity contribution is 6.08. The van der Waals surface area contributed by atoms with Crippen molar-refractivity contribution in [1.29, 1.82) is 0 Å². The van der Waals surface area contributed by atoms with Gasteiger partial charge in [0.2, 0.25) is 0 Å². The second-order valence-electron chi connectivity index (χ2n) is 5.29. The molecule has 0 radical (unpaired) electrons. The minimum Gasteiger partial charge on any atom is -0.294 e. The summed E-state index contributed by atoms with van der Waals surface area (Å²) in [4.78, 5) is 23.5. The van der Waals surface area contributed by atoms with Gasteiger partial charge in [-0.2, -0.15) is 0 Å². The van der Waals surface area contributed by atoms with Crippen molar-refractivity contribution in [2.24, 2.45) is 0 Å². The molecule has 0 spiro atoms. The van der Waals surface area contributed by atoms with Gasteiger partial charge in [-0.15, -0.1) is 0 Å². The number of carbonyl (C=O) groups excluding carboxylic acids is 2. The van der Waals surface area contributed by atoms with Gasteiger partial charge in [-0.1, -0.05) is 72.8 Å². The van der Waals surface area contributed by atoms with Crippen molar-refractivity contribution < 1.29 is 9.59 Å². The minimum absolute atomic E-state index is 0.0728. The molecule has 2 heteroatoms. The molecule has 2 aromatic carbocycles. The van der Waals surface area contributed by atoms with Crippen LogP contribution in [0.5, 0.6) is 0 Å². The number of hydrogen-bond acceptors (Lipinski definition) is 2. The highest BCUT2D eigenvalue weighted by Crippen LogP contribution is 2.02. The molecule has 0 unspecified atom stereocenters. The fourth-order valence-electron chi connectivity index (χ4n) is 2.17. The predicted octanol–water partition coefficient (Wildman–Crippen LogP) is 4.11. The van der Waals surface area contributed by atoms with Gasteiger partial charge in [0.05, 0.1) is 6.42 Å². The van der Waals surface area contributed by atoms with Crippen LogP contribution >= 0.6 is 0 Å². The van der Waals surface area contributed by atoms with Crippen LogP contribution in [0.1, 0.15) is 17.5 Å². The number of allylic oxidation sites excluding steroid dienone is 4. The topological polar surface area (TPSA) is 34.1 Å². The molecular formula is C21H20O2. The summed E-state index contributed by atoms with van der Waals surface area (Å²) in [5, 5.41) is 0. The summed E-state index contributed by atoms with van der Waals surface area (Å²) >= 11 is 0. The first-order valence-electron chi connectivity index (χ1n) is 7.70. The molecule has 0 aliphatic heterocycles. The van der Waals surface area contributed by atoms with E-state index in [1.165, 1.54) is 12.2 Å². The van der Waals surface area contributed by atoms with Gasteiger partial charge >= 0.3 is 0 Å². The predicted molar refractivity (Wildman–Crippen MR) is 93.2 cm³/mol. The van der Waals surface area contributed by atoms with Crippen molar-refractivity contribution in [1.82, 2.24) is 0 Å². The third-order valence-electron chi connectivity index (χ3n) is 3.35. The standard InChI is InChI=1S/C21H20O2/c22-20(15-7-13-18-9-3-1-4-10-18)17-21(23)16-8-14-19-11-5-2-6-12-19/h1-12,15-16H,13-14,17H2. The molecule has 0 heterocycles. The Morgan fingerprint density at radius 3 is 1.43 bits per heavy atom. The molecule has 0 aromatic heterocycles. The van der Waals surface area contributed by atoms with E-state index < -0.39 is 0 Å². The van der Waals surface area contributed by atoms with Crippen molar-refractivity contribution in [3.05, 3.63) is 96.1 Å². The van der Waals surface area contributed by atoms with Crippen LogP contribution in [0.15, 0.2) is 85.0 Å². The second kappa shape index (κ2) is 9.31. The number of ketones is 2. The molecule has 0 fully saturated rings. The molecular weight excluding hydrogens is 284 g/mol. The SMILES string of the molecule is O=C(C=CCc1ccccc1)CC(=O)C=CCc1ccccc1. The van der Waals surface area contributed by atoms with Gasteiger partial charge in [0.15, 0.2) is 11.6 Å². The Balaban J connectivity index is 1.73. The van der Waals surface area contributed by atoms with E-state index in [0.29, 0.717) is 12.8 Å². The molecule has 116 valence electrons. The van der Waals surface area contributed by atoms with E-state index >= 15 is 0 Å². The Bertz CT molecular complexity index is 621. The van der Waals surface area contributed by atoms with E-state index in [9.17, 15) is 9.59 Å². The van der Waals surface area contributed by atoms with Crippen LogP contribution in [0, 0.1) is 0 Å². The largest absolute Gasteiger partial charge is 0.294 e. The third kappa shape index (κ3) is 6.70. The monoisotopic (exact) mass is 304 g/mol.